The first-order valence-electron chi connectivity index (χ1n) is 11.9. The molecule has 0 aromatic rings. The highest BCUT2D eigenvalue weighted by molar-refractivity contribution is 5.86. The van der Waals surface area contributed by atoms with Gasteiger partial charge in [-0.3, -0.25) is 14.4 Å². The lowest BCUT2D eigenvalue weighted by Crippen LogP contribution is -2.42. The van der Waals surface area contributed by atoms with Crippen LogP contribution < -0.4 is 5.32 Å². The van der Waals surface area contributed by atoms with Gasteiger partial charge in [0.1, 0.15) is 11.8 Å². The van der Waals surface area contributed by atoms with E-state index in [1.165, 1.54) is 0 Å². The summed E-state index contributed by atoms with van der Waals surface area (Å²) in [5.74, 6) is -2.62. The second-order valence-electron chi connectivity index (χ2n) is 8.73. The molecule has 8 nitrogen and oxygen atoms in total. The largest absolute Gasteiger partial charge is 0.481 e. The van der Waals surface area contributed by atoms with Gasteiger partial charge >= 0.3 is 11.9 Å². The number of allylic oxidation sites excluding steroid dienone is 1. The molecule has 1 aliphatic rings. The molecule has 0 aromatic carbocycles. The van der Waals surface area contributed by atoms with Crippen LogP contribution in [0.25, 0.3) is 0 Å². The molecule has 1 rings (SSSR count). The molecular formula is C24H39NO7. The van der Waals surface area contributed by atoms with Crippen molar-refractivity contribution in [2.75, 3.05) is 0 Å². The van der Waals surface area contributed by atoms with Crippen molar-refractivity contribution in [2.24, 2.45) is 11.8 Å². The van der Waals surface area contributed by atoms with Gasteiger partial charge < -0.3 is 20.6 Å². The molecule has 32 heavy (non-hydrogen) atoms. The van der Waals surface area contributed by atoms with Crippen LogP contribution in [0.2, 0.25) is 0 Å². The van der Waals surface area contributed by atoms with Crippen molar-refractivity contribution in [2.45, 2.75) is 103 Å². The fourth-order valence-corrected chi connectivity index (χ4v) is 4.15. The van der Waals surface area contributed by atoms with E-state index >= 15 is 0 Å². The summed E-state index contributed by atoms with van der Waals surface area (Å²) in [6, 6.07) is -1.41. The van der Waals surface area contributed by atoms with Crippen molar-refractivity contribution < 1.29 is 34.5 Å². The van der Waals surface area contributed by atoms with Gasteiger partial charge in [0.2, 0.25) is 5.91 Å². The number of Topliss-reactive ketones (excluding diaryl/α,β-unsaturated/α-hetero) is 1. The van der Waals surface area contributed by atoms with Crippen LogP contribution in [0, 0.1) is 11.8 Å². The minimum atomic E-state index is -1.41. The molecule has 1 saturated carbocycles. The van der Waals surface area contributed by atoms with Gasteiger partial charge in [0, 0.05) is 18.8 Å². The number of carbonyl (C=O) groups is 4. The predicted molar refractivity (Wildman–Crippen MR) is 120 cm³/mol. The topological polar surface area (TPSA) is 141 Å². The van der Waals surface area contributed by atoms with E-state index in [0.717, 1.165) is 57.8 Å². The van der Waals surface area contributed by atoms with E-state index in [1.54, 1.807) is 0 Å². The van der Waals surface area contributed by atoms with Gasteiger partial charge in [-0.05, 0) is 31.6 Å². The molecule has 0 aromatic heterocycles. The zero-order valence-electron chi connectivity index (χ0n) is 19.1. The number of hydrogen-bond acceptors (Lipinski definition) is 5. The van der Waals surface area contributed by atoms with Gasteiger partial charge in [0.25, 0.3) is 0 Å². The average Bonchev–Trinajstić information content (AvgIpc) is 3.07. The average molecular weight is 454 g/mol. The van der Waals surface area contributed by atoms with Crippen LogP contribution in [0.4, 0.5) is 0 Å². The van der Waals surface area contributed by atoms with Crippen molar-refractivity contribution in [3.8, 4) is 0 Å². The molecule has 182 valence electrons. The summed E-state index contributed by atoms with van der Waals surface area (Å²) in [6.45, 7) is 2.13. The van der Waals surface area contributed by atoms with Gasteiger partial charge in [0.15, 0.2) is 0 Å². The van der Waals surface area contributed by atoms with Crippen molar-refractivity contribution in [1.29, 1.82) is 0 Å². The van der Waals surface area contributed by atoms with Crippen LogP contribution in [0.15, 0.2) is 12.2 Å². The first kappa shape index (κ1) is 27.8. The fraction of sp³-hybridized carbons (Fsp3) is 0.750. The lowest BCUT2D eigenvalue weighted by molar-refractivity contribution is -0.147. The second-order valence-corrected chi connectivity index (χ2v) is 8.73. The van der Waals surface area contributed by atoms with Crippen LogP contribution in [0.3, 0.4) is 0 Å². The molecular weight excluding hydrogens is 414 g/mol. The highest BCUT2D eigenvalue weighted by atomic mass is 16.4. The van der Waals surface area contributed by atoms with E-state index in [-0.39, 0.29) is 24.0 Å². The molecule has 0 spiro atoms. The summed E-state index contributed by atoms with van der Waals surface area (Å²) in [4.78, 5) is 45.7. The molecule has 1 aliphatic carbocycles. The summed E-state index contributed by atoms with van der Waals surface area (Å²) in [7, 11) is 0. The Labute approximate surface area is 190 Å². The third kappa shape index (κ3) is 11.4. The van der Waals surface area contributed by atoms with E-state index in [0.29, 0.717) is 12.8 Å². The Balaban J connectivity index is 2.27. The third-order valence-corrected chi connectivity index (χ3v) is 6.02. The minimum Gasteiger partial charge on any atom is -0.481 e. The zero-order valence-corrected chi connectivity index (χ0v) is 19.1. The molecule has 1 fully saturated rings. The molecule has 0 bridgehead atoms. The maximum Gasteiger partial charge on any atom is 0.326 e. The smallest absolute Gasteiger partial charge is 0.326 e. The third-order valence-electron chi connectivity index (χ3n) is 6.02. The quantitative estimate of drug-likeness (QED) is 0.195. The molecule has 8 heteroatoms. The van der Waals surface area contributed by atoms with Crippen LogP contribution in [-0.2, 0) is 19.2 Å². The Hall–Kier alpha value is -2.22. The van der Waals surface area contributed by atoms with Crippen LogP contribution in [-0.4, -0.2) is 51.1 Å². The number of carbonyl (C=O) groups excluding carboxylic acids is 2. The summed E-state index contributed by atoms with van der Waals surface area (Å²) < 4.78 is 0. The normalized spacial score (nSPS) is 20.4. The molecule has 0 aliphatic heterocycles. The van der Waals surface area contributed by atoms with E-state index in [2.05, 4.69) is 12.2 Å². The summed E-state index contributed by atoms with van der Waals surface area (Å²) in [5, 5.41) is 30.0. The van der Waals surface area contributed by atoms with Crippen molar-refractivity contribution >= 4 is 23.6 Å². The highest BCUT2D eigenvalue weighted by Crippen LogP contribution is 2.34. The number of amides is 1. The Morgan fingerprint density at radius 3 is 2.47 bits per heavy atom. The molecule has 4 N–H and O–H groups in total. The van der Waals surface area contributed by atoms with E-state index < -0.39 is 36.4 Å². The lowest BCUT2D eigenvalue weighted by atomic mass is 9.89. The Bertz CT molecular complexity index is 646. The number of carboxylic acids is 2. The Morgan fingerprint density at radius 1 is 1.09 bits per heavy atom. The number of aliphatic hydroxyl groups is 1. The summed E-state index contributed by atoms with van der Waals surface area (Å²) in [6.07, 6.45) is 12.2. The lowest BCUT2D eigenvalue weighted by Gasteiger charge is -2.15. The highest BCUT2D eigenvalue weighted by Gasteiger charge is 2.32. The Kier molecular flexibility index (Phi) is 13.5. The van der Waals surface area contributed by atoms with E-state index in [1.807, 2.05) is 12.2 Å². The van der Waals surface area contributed by atoms with Crippen LogP contribution >= 0.6 is 0 Å². The van der Waals surface area contributed by atoms with E-state index in [4.69, 9.17) is 10.2 Å². The number of rotatable bonds is 17. The molecule has 0 saturated heterocycles. The van der Waals surface area contributed by atoms with Crippen molar-refractivity contribution in [3.05, 3.63) is 12.2 Å². The number of unbranched alkanes of at least 4 members (excludes halogenated alkanes) is 5. The fourth-order valence-electron chi connectivity index (χ4n) is 4.15. The standard InChI is InChI=1S/C24H39NO7/c1-2-3-6-9-18(26)14-12-17-13-15-21(27)19(17)10-7-4-5-8-11-22(28)25-20(24(31)32)16-23(29)30/h12,14,17-20,26H,2-11,13,15-16H2,1H3,(H,25,28)(H,29,30)(H,31,32)/b14-12+/t17-,18-,19+,20+/m0/s1. The molecule has 0 unspecified atom stereocenters. The maximum atomic E-state index is 12.2. The van der Waals surface area contributed by atoms with E-state index in [9.17, 15) is 24.3 Å². The monoisotopic (exact) mass is 453 g/mol. The number of nitrogens with one attached hydrogen (secondary N) is 1. The minimum absolute atomic E-state index is 0.00438. The van der Waals surface area contributed by atoms with Gasteiger partial charge in [-0.1, -0.05) is 57.6 Å². The van der Waals surface area contributed by atoms with Crippen LogP contribution in [0.5, 0.6) is 0 Å². The predicted octanol–water partition coefficient (Wildman–Crippen LogP) is 3.46. The number of ketones is 1. The molecule has 1 amide bonds. The van der Waals surface area contributed by atoms with Gasteiger partial charge in [0.05, 0.1) is 12.5 Å². The van der Waals surface area contributed by atoms with Crippen LogP contribution in [0.1, 0.15) is 90.4 Å². The second kappa shape index (κ2) is 15.6. The van der Waals surface area contributed by atoms with Crippen molar-refractivity contribution in [3.63, 3.8) is 0 Å². The number of carboxylic acid groups (broad SMARTS) is 2. The van der Waals surface area contributed by atoms with Gasteiger partial charge in [-0.2, -0.15) is 0 Å². The zero-order chi connectivity index (χ0) is 23.9. The first-order valence-corrected chi connectivity index (χ1v) is 11.9. The summed E-state index contributed by atoms with van der Waals surface area (Å²) in [5.41, 5.74) is 0. The first-order chi connectivity index (χ1) is 15.2. The van der Waals surface area contributed by atoms with Gasteiger partial charge in [-0.15, -0.1) is 0 Å². The number of aliphatic carboxylic acids is 2. The van der Waals surface area contributed by atoms with Crippen molar-refractivity contribution in [1.82, 2.24) is 5.32 Å². The van der Waals surface area contributed by atoms with Gasteiger partial charge in [-0.25, -0.2) is 4.79 Å². The number of aliphatic hydroxyl groups excluding tert-OH is 1. The Morgan fingerprint density at radius 2 is 1.81 bits per heavy atom. The SMILES string of the molecule is CCCCC[C@H](O)/C=C/[C@H]1CCC(=O)[C@@H]1CCCCCCC(=O)N[C@H](CC(=O)O)C(=O)O. The summed E-state index contributed by atoms with van der Waals surface area (Å²) >= 11 is 0. The number of hydrogen-bond donors (Lipinski definition) is 4. The molecule has 0 heterocycles. The maximum absolute atomic E-state index is 12.2. The molecule has 0 radical (unpaired) electrons. The molecule has 4 atom stereocenters.